The molecule has 0 unspecified atom stereocenters. The van der Waals surface area contributed by atoms with Crippen molar-refractivity contribution in [3.05, 3.63) is 0 Å². The van der Waals surface area contributed by atoms with E-state index in [1.807, 2.05) is 0 Å². The third-order valence-corrected chi connectivity index (χ3v) is 1.78. The van der Waals surface area contributed by atoms with Crippen molar-refractivity contribution in [3.63, 3.8) is 0 Å². The SMILES string of the molecule is CCNCCCCC(C)(C)C. The van der Waals surface area contributed by atoms with Gasteiger partial charge in [0, 0.05) is 0 Å². The van der Waals surface area contributed by atoms with E-state index in [0.717, 1.165) is 6.54 Å². The monoisotopic (exact) mass is 157 g/mol. The summed E-state index contributed by atoms with van der Waals surface area (Å²) in [5.41, 5.74) is 0.520. The average molecular weight is 157 g/mol. The second-order valence-electron chi connectivity index (χ2n) is 4.37. The van der Waals surface area contributed by atoms with Crippen LogP contribution < -0.4 is 5.32 Å². The minimum absolute atomic E-state index is 0.520. The highest BCUT2D eigenvalue weighted by Gasteiger charge is 2.08. The van der Waals surface area contributed by atoms with E-state index in [1.165, 1.54) is 25.8 Å². The molecule has 68 valence electrons. The Bertz CT molecular complexity index is 81.4. The summed E-state index contributed by atoms with van der Waals surface area (Å²) < 4.78 is 0. The van der Waals surface area contributed by atoms with Crippen LogP contribution in [0, 0.1) is 5.41 Å². The second kappa shape index (κ2) is 5.59. The van der Waals surface area contributed by atoms with Crippen molar-refractivity contribution in [3.8, 4) is 0 Å². The Labute approximate surface area is 71.6 Å². The van der Waals surface area contributed by atoms with Gasteiger partial charge in [-0.05, 0) is 31.3 Å². The van der Waals surface area contributed by atoms with E-state index in [-0.39, 0.29) is 0 Å². The van der Waals surface area contributed by atoms with Gasteiger partial charge >= 0.3 is 0 Å². The second-order valence-corrected chi connectivity index (χ2v) is 4.37. The van der Waals surface area contributed by atoms with Crippen LogP contribution in [0.1, 0.15) is 47.0 Å². The average Bonchev–Trinajstić information content (AvgIpc) is 1.85. The zero-order chi connectivity index (χ0) is 8.74. The van der Waals surface area contributed by atoms with Crippen molar-refractivity contribution in [1.29, 1.82) is 0 Å². The van der Waals surface area contributed by atoms with Gasteiger partial charge in [-0.1, -0.05) is 34.1 Å². The maximum absolute atomic E-state index is 3.33. The fraction of sp³-hybridized carbons (Fsp3) is 1.00. The fourth-order valence-corrected chi connectivity index (χ4v) is 1.08. The van der Waals surface area contributed by atoms with Crippen molar-refractivity contribution in [2.24, 2.45) is 5.41 Å². The quantitative estimate of drug-likeness (QED) is 0.605. The largest absolute Gasteiger partial charge is 0.317 e. The van der Waals surface area contributed by atoms with Crippen LogP contribution in [-0.2, 0) is 0 Å². The molecule has 0 saturated heterocycles. The lowest BCUT2D eigenvalue weighted by molar-refractivity contribution is 0.359. The molecule has 0 bridgehead atoms. The van der Waals surface area contributed by atoms with Gasteiger partial charge in [-0.15, -0.1) is 0 Å². The summed E-state index contributed by atoms with van der Waals surface area (Å²) in [4.78, 5) is 0. The molecular weight excluding hydrogens is 134 g/mol. The van der Waals surface area contributed by atoms with Crippen molar-refractivity contribution < 1.29 is 0 Å². The molecule has 0 saturated carbocycles. The number of rotatable bonds is 5. The molecule has 11 heavy (non-hydrogen) atoms. The van der Waals surface area contributed by atoms with Crippen LogP contribution in [-0.4, -0.2) is 13.1 Å². The summed E-state index contributed by atoms with van der Waals surface area (Å²) in [5.74, 6) is 0. The molecule has 1 heteroatoms. The molecule has 0 radical (unpaired) electrons. The Morgan fingerprint density at radius 3 is 2.18 bits per heavy atom. The topological polar surface area (TPSA) is 12.0 Å². The van der Waals surface area contributed by atoms with E-state index in [1.54, 1.807) is 0 Å². The molecule has 0 heterocycles. The van der Waals surface area contributed by atoms with Crippen LogP contribution in [0.3, 0.4) is 0 Å². The van der Waals surface area contributed by atoms with Crippen molar-refractivity contribution >= 4 is 0 Å². The van der Waals surface area contributed by atoms with E-state index >= 15 is 0 Å². The third kappa shape index (κ3) is 9.96. The van der Waals surface area contributed by atoms with E-state index < -0.39 is 0 Å². The molecule has 0 aromatic rings. The molecule has 0 spiro atoms. The Hall–Kier alpha value is -0.0400. The normalized spacial score (nSPS) is 12.0. The summed E-state index contributed by atoms with van der Waals surface area (Å²) in [5, 5.41) is 3.33. The summed E-state index contributed by atoms with van der Waals surface area (Å²) in [7, 11) is 0. The fourth-order valence-electron chi connectivity index (χ4n) is 1.08. The number of hydrogen-bond donors (Lipinski definition) is 1. The number of nitrogens with one attached hydrogen (secondary N) is 1. The minimum Gasteiger partial charge on any atom is -0.317 e. The maximum atomic E-state index is 3.33. The van der Waals surface area contributed by atoms with Gasteiger partial charge in [0.15, 0.2) is 0 Å². The van der Waals surface area contributed by atoms with Gasteiger partial charge < -0.3 is 5.32 Å². The van der Waals surface area contributed by atoms with Gasteiger partial charge in [0.1, 0.15) is 0 Å². The van der Waals surface area contributed by atoms with Crippen LogP contribution in [0.2, 0.25) is 0 Å². The molecular formula is C10H23N. The van der Waals surface area contributed by atoms with Gasteiger partial charge in [0.25, 0.3) is 0 Å². The Kier molecular flexibility index (Phi) is 5.57. The summed E-state index contributed by atoms with van der Waals surface area (Å²) in [6, 6.07) is 0. The molecule has 0 aromatic carbocycles. The van der Waals surface area contributed by atoms with Crippen molar-refractivity contribution in [1.82, 2.24) is 5.32 Å². The Balaban J connectivity index is 3.02. The molecule has 0 aliphatic rings. The smallest absolute Gasteiger partial charge is 0.00490 e. The van der Waals surface area contributed by atoms with Gasteiger partial charge in [-0.25, -0.2) is 0 Å². The van der Waals surface area contributed by atoms with Crippen molar-refractivity contribution in [2.45, 2.75) is 47.0 Å². The highest BCUT2D eigenvalue weighted by atomic mass is 14.8. The third-order valence-electron chi connectivity index (χ3n) is 1.78. The lowest BCUT2D eigenvalue weighted by atomic mass is 9.90. The first-order valence-electron chi connectivity index (χ1n) is 4.77. The molecule has 0 aliphatic carbocycles. The minimum atomic E-state index is 0.520. The van der Waals surface area contributed by atoms with E-state index in [2.05, 4.69) is 33.0 Å². The number of hydrogen-bond acceptors (Lipinski definition) is 1. The van der Waals surface area contributed by atoms with Crippen LogP contribution in [0.15, 0.2) is 0 Å². The van der Waals surface area contributed by atoms with Gasteiger partial charge in [0.05, 0.1) is 0 Å². The summed E-state index contributed by atoms with van der Waals surface area (Å²) in [6.07, 6.45) is 4.03. The van der Waals surface area contributed by atoms with Crippen LogP contribution in [0.25, 0.3) is 0 Å². The highest BCUT2D eigenvalue weighted by Crippen LogP contribution is 2.20. The molecule has 0 fully saturated rings. The molecule has 1 N–H and O–H groups in total. The predicted octanol–water partition coefficient (Wildman–Crippen LogP) is 2.81. The van der Waals surface area contributed by atoms with E-state index in [4.69, 9.17) is 0 Å². The summed E-state index contributed by atoms with van der Waals surface area (Å²) in [6.45, 7) is 11.4. The molecule has 0 aromatic heterocycles. The number of unbranched alkanes of at least 4 members (excludes halogenated alkanes) is 1. The maximum Gasteiger partial charge on any atom is -0.00490 e. The van der Waals surface area contributed by atoms with Crippen molar-refractivity contribution in [2.75, 3.05) is 13.1 Å². The van der Waals surface area contributed by atoms with Gasteiger partial charge in [0.2, 0.25) is 0 Å². The summed E-state index contributed by atoms with van der Waals surface area (Å²) >= 11 is 0. The van der Waals surface area contributed by atoms with Crippen LogP contribution >= 0.6 is 0 Å². The first-order valence-corrected chi connectivity index (χ1v) is 4.77. The Morgan fingerprint density at radius 1 is 1.09 bits per heavy atom. The first kappa shape index (κ1) is 11.0. The van der Waals surface area contributed by atoms with Gasteiger partial charge in [-0.3, -0.25) is 0 Å². The lowest BCUT2D eigenvalue weighted by Gasteiger charge is -2.17. The highest BCUT2D eigenvalue weighted by molar-refractivity contribution is 4.61. The molecule has 0 rings (SSSR count). The lowest BCUT2D eigenvalue weighted by Crippen LogP contribution is -2.14. The van der Waals surface area contributed by atoms with Gasteiger partial charge in [-0.2, -0.15) is 0 Å². The molecule has 0 amide bonds. The zero-order valence-electron chi connectivity index (χ0n) is 8.54. The van der Waals surface area contributed by atoms with Crippen LogP contribution in [0.5, 0.6) is 0 Å². The molecule has 0 atom stereocenters. The Morgan fingerprint density at radius 2 is 1.73 bits per heavy atom. The molecule has 0 aliphatic heterocycles. The van der Waals surface area contributed by atoms with Crippen LogP contribution in [0.4, 0.5) is 0 Å². The van der Waals surface area contributed by atoms with E-state index in [0.29, 0.717) is 5.41 Å². The molecule has 1 nitrogen and oxygen atoms in total. The first-order chi connectivity index (χ1) is 5.06. The predicted molar refractivity (Wildman–Crippen MR) is 51.8 cm³/mol. The standard InChI is InChI=1S/C10H23N/c1-5-11-9-7-6-8-10(2,3)4/h11H,5-9H2,1-4H3. The zero-order valence-corrected chi connectivity index (χ0v) is 8.54. The van der Waals surface area contributed by atoms with E-state index in [9.17, 15) is 0 Å².